The molecule has 1 nitrogen and oxygen atoms in total. The van der Waals surface area contributed by atoms with Crippen molar-refractivity contribution in [1.82, 2.24) is 5.32 Å². The van der Waals surface area contributed by atoms with Crippen LogP contribution < -0.4 is 5.32 Å². The molecule has 1 rings (SSSR count). The van der Waals surface area contributed by atoms with Crippen LogP contribution in [0.25, 0.3) is 0 Å². The number of hydrogen-bond donors (Lipinski definition) is 1. The molecule has 3 heteroatoms. The van der Waals surface area contributed by atoms with E-state index in [1.54, 1.807) is 0 Å². The molecule has 0 unspecified atom stereocenters. The molecular formula is C8H18ClNS. The molecule has 1 aliphatic rings. The van der Waals surface area contributed by atoms with Crippen molar-refractivity contribution in [2.75, 3.05) is 13.1 Å². The van der Waals surface area contributed by atoms with E-state index in [1.807, 2.05) is 0 Å². The predicted octanol–water partition coefficient (Wildman–Crippen LogP) is 2.30. The molecule has 0 radical (unpaired) electrons. The summed E-state index contributed by atoms with van der Waals surface area (Å²) in [5, 5.41) is 5.11. The van der Waals surface area contributed by atoms with Gasteiger partial charge in [0.25, 0.3) is 0 Å². The SMILES string of the molecule is CC(C)SC1CCNCC1.Cl. The first-order chi connectivity index (χ1) is 4.79. The quantitative estimate of drug-likeness (QED) is 0.726. The number of nitrogens with one attached hydrogen (secondary N) is 1. The Bertz CT molecular complexity index is 92.1. The van der Waals surface area contributed by atoms with E-state index in [2.05, 4.69) is 30.9 Å². The standard InChI is InChI=1S/C8H17NS.ClH/c1-7(2)10-8-3-5-9-6-4-8;/h7-9H,3-6H2,1-2H3;1H. The first-order valence-electron chi connectivity index (χ1n) is 4.15. The van der Waals surface area contributed by atoms with Crippen LogP contribution in [0.1, 0.15) is 26.7 Å². The first-order valence-corrected chi connectivity index (χ1v) is 5.09. The van der Waals surface area contributed by atoms with Gasteiger partial charge in [0.05, 0.1) is 0 Å². The van der Waals surface area contributed by atoms with E-state index in [-0.39, 0.29) is 12.4 Å². The largest absolute Gasteiger partial charge is 0.317 e. The summed E-state index contributed by atoms with van der Waals surface area (Å²) in [7, 11) is 0. The van der Waals surface area contributed by atoms with Gasteiger partial charge in [-0.3, -0.25) is 0 Å². The summed E-state index contributed by atoms with van der Waals surface area (Å²) in [5.41, 5.74) is 0. The minimum atomic E-state index is 0. The van der Waals surface area contributed by atoms with E-state index >= 15 is 0 Å². The maximum absolute atomic E-state index is 3.37. The van der Waals surface area contributed by atoms with Crippen molar-refractivity contribution in [2.24, 2.45) is 0 Å². The Labute approximate surface area is 80.1 Å². The first kappa shape index (κ1) is 11.6. The molecule has 0 aliphatic carbocycles. The second-order valence-corrected chi connectivity index (χ2v) is 5.02. The predicted molar refractivity (Wildman–Crippen MR) is 55.9 cm³/mol. The summed E-state index contributed by atoms with van der Waals surface area (Å²) in [6.45, 7) is 7.02. The van der Waals surface area contributed by atoms with E-state index in [9.17, 15) is 0 Å². The fourth-order valence-electron chi connectivity index (χ4n) is 1.32. The van der Waals surface area contributed by atoms with Gasteiger partial charge in [-0.25, -0.2) is 0 Å². The lowest BCUT2D eigenvalue weighted by atomic mass is 10.2. The normalized spacial score (nSPS) is 19.9. The second-order valence-electron chi connectivity index (χ2n) is 3.13. The Hall–Kier alpha value is 0.600. The lowest BCUT2D eigenvalue weighted by Gasteiger charge is -2.23. The van der Waals surface area contributed by atoms with Gasteiger partial charge < -0.3 is 5.32 Å². The summed E-state index contributed by atoms with van der Waals surface area (Å²) in [4.78, 5) is 0. The minimum Gasteiger partial charge on any atom is -0.317 e. The monoisotopic (exact) mass is 195 g/mol. The topological polar surface area (TPSA) is 12.0 Å². The highest BCUT2D eigenvalue weighted by atomic mass is 35.5. The van der Waals surface area contributed by atoms with E-state index in [0.717, 1.165) is 10.5 Å². The molecule has 0 aromatic carbocycles. The molecule has 1 aliphatic heterocycles. The van der Waals surface area contributed by atoms with Gasteiger partial charge in [0, 0.05) is 5.25 Å². The van der Waals surface area contributed by atoms with Crippen LogP contribution >= 0.6 is 24.2 Å². The van der Waals surface area contributed by atoms with Gasteiger partial charge in [-0.15, -0.1) is 12.4 Å². The molecule has 0 saturated carbocycles. The zero-order valence-corrected chi connectivity index (χ0v) is 8.93. The smallest absolute Gasteiger partial charge is 0.00737 e. The third-order valence-electron chi connectivity index (χ3n) is 1.75. The molecule has 0 aromatic rings. The summed E-state index contributed by atoms with van der Waals surface area (Å²) < 4.78 is 0. The molecule has 0 spiro atoms. The number of thioether (sulfide) groups is 1. The molecule has 0 atom stereocenters. The van der Waals surface area contributed by atoms with Crippen LogP contribution in [0.15, 0.2) is 0 Å². The molecule has 0 aromatic heterocycles. The van der Waals surface area contributed by atoms with Crippen molar-refractivity contribution in [3.05, 3.63) is 0 Å². The van der Waals surface area contributed by atoms with E-state index in [1.165, 1.54) is 25.9 Å². The highest BCUT2D eigenvalue weighted by molar-refractivity contribution is 8.00. The molecule has 68 valence electrons. The number of halogens is 1. The minimum absolute atomic E-state index is 0. The van der Waals surface area contributed by atoms with Gasteiger partial charge in [-0.05, 0) is 31.2 Å². The molecule has 11 heavy (non-hydrogen) atoms. The Balaban J connectivity index is 0.000001000. The van der Waals surface area contributed by atoms with Crippen LogP contribution in [0.5, 0.6) is 0 Å². The Morgan fingerprint density at radius 3 is 2.27 bits per heavy atom. The van der Waals surface area contributed by atoms with Crippen LogP contribution in [-0.2, 0) is 0 Å². The van der Waals surface area contributed by atoms with Gasteiger partial charge in [0.15, 0.2) is 0 Å². The zero-order valence-electron chi connectivity index (χ0n) is 7.30. The number of piperidine rings is 1. The number of rotatable bonds is 2. The van der Waals surface area contributed by atoms with Crippen molar-refractivity contribution in [2.45, 2.75) is 37.2 Å². The average Bonchev–Trinajstić information content (AvgIpc) is 1.88. The molecule has 1 heterocycles. The van der Waals surface area contributed by atoms with E-state index < -0.39 is 0 Å². The zero-order chi connectivity index (χ0) is 7.40. The highest BCUT2D eigenvalue weighted by Crippen LogP contribution is 2.23. The summed E-state index contributed by atoms with van der Waals surface area (Å²) in [6.07, 6.45) is 2.73. The molecule has 1 N–H and O–H groups in total. The van der Waals surface area contributed by atoms with Crippen molar-refractivity contribution in [3.63, 3.8) is 0 Å². The van der Waals surface area contributed by atoms with Crippen molar-refractivity contribution >= 4 is 24.2 Å². The maximum atomic E-state index is 3.37. The van der Waals surface area contributed by atoms with Gasteiger partial charge in [-0.1, -0.05) is 13.8 Å². The molecular weight excluding hydrogens is 178 g/mol. The lowest BCUT2D eigenvalue weighted by Crippen LogP contribution is -2.29. The van der Waals surface area contributed by atoms with Crippen LogP contribution in [-0.4, -0.2) is 23.6 Å². The Morgan fingerprint density at radius 2 is 1.82 bits per heavy atom. The van der Waals surface area contributed by atoms with Crippen molar-refractivity contribution in [3.8, 4) is 0 Å². The molecule has 0 amide bonds. The molecule has 1 fully saturated rings. The van der Waals surface area contributed by atoms with Crippen molar-refractivity contribution in [1.29, 1.82) is 0 Å². The van der Waals surface area contributed by atoms with Crippen LogP contribution in [0.2, 0.25) is 0 Å². The van der Waals surface area contributed by atoms with Gasteiger partial charge in [0.2, 0.25) is 0 Å². The maximum Gasteiger partial charge on any atom is 0.00737 e. The third-order valence-corrected chi connectivity index (χ3v) is 3.15. The average molecular weight is 196 g/mol. The van der Waals surface area contributed by atoms with E-state index in [4.69, 9.17) is 0 Å². The van der Waals surface area contributed by atoms with Crippen LogP contribution in [0, 0.1) is 0 Å². The van der Waals surface area contributed by atoms with E-state index in [0.29, 0.717) is 0 Å². The number of hydrogen-bond acceptors (Lipinski definition) is 2. The second kappa shape index (κ2) is 6.15. The summed E-state index contributed by atoms with van der Waals surface area (Å²) >= 11 is 2.14. The van der Waals surface area contributed by atoms with Gasteiger partial charge in [0.1, 0.15) is 0 Å². The highest BCUT2D eigenvalue weighted by Gasteiger charge is 2.13. The molecule has 1 saturated heterocycles. The van der Waals surface area contributed by atoms with Gasteiger partial charge >= 0.3 is 0 Å². The van der Waals surface area contributed by atoms with Crippen LogP contribution in [0.3, 0.4) is 0 Å². The fraction of sp³-hybridized carbons (Fsp3) is 1.00. The Morgan fingerprint density at radius 1 is 1.27 bits per heavy atom. The summed E-state index contributed by atoms with van der Waals surface area (Å²) in [5.74, 6) is 0. The van der Waals surface area contributed by atoms with Gasteiger partial charge in [-0.2, -0.15) is 11.8 Å². The third kappa shape index (κ3) is 4.94. The lowest BCUT2D eigenvalue weighted by molar-refractivity contribution is 0.531. The fourth-order valence-corrected chi connectivity index (χ4v) is 2.59. The van der Waals surface area contributed by atoms with Crippen molar-refractivity contribution < 1.29 is 0 Å². The summed E-state index contributed by atoms with van der Waals surface area (Å²) in [6, 6.07) is 0. The Kier molecular flexibility index (Phi) is 6.49. The van der Waals surface area contributed by atoms with Crippen LogP contribution in [0.4, 0.5) is 0 Å². The molecule has 0 bridgehead atoms.